The third-order valence-corrected chi connectivity index (χ3v) is 3.04. The third-order valence-electron chi connectivity index (χ3n) is 3.04. The summed E-state index contributed by atoms with van der Waals surface area (Å²) >= 11 is 0. The van der Waals surface area contributed by atoms with E-state index in [0.29, 0.717) is 28.4 Å². The topological polar surface area (TPSA) is 78.4 Å². The lowest BCUT2D eigenvalue weighted by Crippen LogP contribution is -2.19. The Balaban J connectivity index is 2.11. The van der Waals surface area contributed by atoms with Gasteiger partial charge in [-0.25, -0.2) is 5.43 Å². The number of hydrazone groups is 1. The van der Waals surface area contributed by atoms with Crippen molar-refractivity contribution in [2.75, 3.05) is 0 Å². The molecule has 1 aromatic carbocycles. The van der Waals surface area contributed by atoms with Crippen LogP contribution in [0.15, 0.2) is 39.9 Å². The largest absolute Gasteiger partial charge is 0.466 e. The van der Waals surface area contributed by atoms with Crippen LogP contribution < -0.4 is 5.43 Å². The fourth-order valence-electron chi connectivity index (χ4n) is 1.90. The molecule has 1 N–H and O–H groups in total. The van der Waals surface area contributed by atoms with E-state index in [-0.39, 0.29) is 5.91 Å². The highest BCUT2D eigenvalue weighted by molar-refractivity contribution is 6.01. The minimum Gasteiger partial charge on any atom is -0.466 e. The van der Waals surface area contributed by atoms with Crippen molar-refractivity contribution in [1.82, 2.24) is 5.43 Å². The molecular weight excluding hydrogens is 266 g/mol. The lowest BCUT2D eigenvalue weighted by Gasteiger charge is -2.02. The number of hydrogen-bond donors (Lipinski definition) is 1. The third kappa shape index (κ3) is 3.37. The molecule has 5 heteroatoms. The zero-order valence-corrected chi connectivity index (χ0v) is 12.1. The first-order valence-electron chi connectivity index (χ1n) is 6.43. The molecule has 0 saturated heterocycles. The molecule has 1 heterocycles. The molecule has 0 bridgehead atoms. The highest BCUT2D eigenvalue weighted by atomic mass is 16.3. The van der Waals surface area contributed by atoms with Crippen molar-refractivity contribution in [1.29, 1.82) is 5.26 Å². The molecule has 106 valence electrons. The molecule has 5 nitrogen and oxygen atoms in total. The number of benzene rings is 1. The number of rotatable bonds is 3. The number of furan rings is 1. The maximum atomic E-state index is 12.0. The second-order valence-electron chi connectivity index (χ2n) is 4.65. The monoisotopic (exact) mass is 281 g/mol. The Hall–Kier alpha value is -2.87. The molecule has 2 aromatic rings. The van der Waals surface area contributed by atoms with Gasteiger partial charge in [0.15, 0.2) is 0 Å². The minimum absolute atomic E-state index is 0.308. The van der Waals surface area contributed by atoms with Gasteiger partial charge in [-0.05, 0) is 44.5 Å². The summed E-state index contributed by atoms with van der Waals surface area (Å²) in [5.74, 6) is 0.944. The summed E-state index contributed by atoms with van der Waals surface area (Å²) in [5, 5.41) is 12.8. The van der Waals surface area contributed by atoms with E-state index in [1.54, 1.807) is 51.1 Å². The molecular formula is C16H15N3O2. The van der Waals surface area contributed by atoms with Gasteiger partial charge in [-0.3, -0.25) is 4.79 Å². The quantitative estimate of drug-likeness (QED) is 0.694. The van der Waals surface area contributed by atoms with Gasteiger partial charge in [0.05, 0.1) is 22.9 Å². The maximum Gasteiger partial charge on any atom is 0.274 e. The van der Waals surface area contributed by atoms with Crippen LogP contribution in [-0.2, 0) is 0 Å². The van der Waals surface area contributed by atoms with Gasteiger partial charge in [0.2, 0.25) is 0 Å². The molecule has 0 aliphatic carbocycles. The van der Waals surface area contributed by atoms with E-state index in [1.165, 1.54) is 0 Å². The van der Waals surface area contributed by atoms with E-state index >= 15 is 0 Å². The SMILES string of the molecule is C/C(=N\NC(=O)c1cc(C)oc1C)c1ccc(C#N)cc1. The average molecular weight is 281 g/mol. The zero-order chi connectivity index (χ0) is 15.4. The van der Waals surface area contributed by atoms with E-state index in [1.807, 2.05) is 0 Å². The Kier molecular flexibility index (Phi) is 4.19. The Bertz CT molecular complexity index is 734. The van der Waals surface area contributed by atoms with Gasteiger partial charge in [-0.15, -0.1) is 0 Å². The van der Waals surface area contributed by atoms with Gasteiger partial charge in [-0.2, -0.15) is 10.4 Å². The first kappa shape index (κ1) is 14.5. The Morgan fingerprint density at radius 3 is 2.48 bits per heavy atom. The molecule has 0 spiro atoms. The van der Waals surface area contributed by atoms with Gasteiger partial charge in [0, 0.05) is 0 Å². The Labute approximate surface area is 122 Å². The molecule has 0 saturated carbocycles. The summed E-state index contributed by atoms with van der Waals surface area (Å²) in [4.78, 5) is 12.0. The molecule has 21 heavy (non-hydrogen) atoms. The summed E-state index contributed by atoms with van der Waals surface area (Å²) in [6, 6.07) is 10.7. The van der Waals surface area contributed by atoms with Gasteiger partial charge in [0.25, 0.3) is 5.91 Å². The summed E-state index contributed by atoms with van der Waals surface area (Å²) in [5.41, 5.74) is 5.06. The van der Waals surface area contributed by atoms with Gasteiger partial charge >= 0.3 is 0 Å². The van der Waals surface area contributed by atoms with E-state index in [0.717, 1.165) is 5.56 Å². The van der Waals surface area contributed by atoms with E-state index in [2.05, 4.69) is 16.6 Å². The van der Waals surface area contributed by atoms with E-state index in [9.17, 15) is 4.79 Å². The number of nitriles is 1. The van der Waals surface area contributed by atoms with Crippen molar-refractivity contribution in [2.45, 2.75) is 20.8 Å². The van der Waals surface area contributed by atoms with E-state index < -0.39 is 0 Å². The van der Waals surface area contributed by atoms with Crippen molar-refractivity contribution in [3.05, 3.63) is 58.5 Å². The number of nitrogens with zero attached hydrogens (tertiary/aromatic N) is 2. The number of aryl methyl sites for hydroxylation is 2. The van der Waals surface area contributed by atoms with Crippen LogP contribution in [0.3, 0.4) is 0 Å². The normalized spacial score (nSPS) is 11.0. The number of carbonyl (C=O) groups excluding carboxylic acids is 1. The van der Waals surface area contributed by atoms with Gasteiger partial charge in [-0.1, -0.05) is 12.1 Å². The number of nitrogens with one attached hydrogen (secondary N) is 1. The van der Waals surface area contributed by atoms with Crippen LogP contribution in [0.1, 0.15) is 39.9 Å². The molecule has 2 rings (SSSR count). The number of carbonyl (C=O) groups is 1. The fourth-order valence-corrected chi connectivity index (χ4v) is 1.90. The van der Waals surface area contributed by atoms with Crippen molar-refractivity contribution in [2.24, 2.45) is 5.10 Å². The van der Waals surface area contributed by atoms with Crippen molar-refractivity contribution in [3.63, 3.8) is 0 Å². The van der Waals surface area contributed by atoms with Crippen LogP contribution in [0.25, 0.3) is 0 Å². The Morgan fingerprint density at radius 1 is 1.29 bits per heavy atom. The minimum atomic E-state index is -0.308. The number of amides is 1. The first-order valence-corrected chi connectivity index (χ1v) is 6.43. The standard InChI is InChI=1S/C16H15N3O2/c1-10-8-15(12(3)21-10)16(20)19-18-11(2)14-6-4-13(9-17)5-7-14/h4-8H,1-3H3,(H,19,20)/b18-11+. The van der Waals surface area contributed by atoms with Crippen molar-refractivity contribution < 1.29 is 9.21 Å². The van der Waals surface area contributed by atoms with Gasteiger partial charge < -0.3 is 4.42 Å². The van der Waals surface area contributed by atoms with Crippen LogP contribution in [-0.4, -0.2) is 11.6 Å². The zero-order valence-electron chi connectivity index (χ0n) is 12.1. The van der Waals surface area contributed by atoms with Gasteiger partial charge in [0.1, 0.15) is 11.5 Å². The molecule has 0 atom stereocenters. The maximum absolute atomic E-state index is 12.0. The average Bonchev–Trinajstić information content (AvgIpc) is 2.83. The molecule has 1 aromatic heterocycles. The van der Waals surface area contributed by atoms with E-state index in [4.69, 9.17) is 9.68 Å². The van der Waals surface area contributed by atoms with Crippen LogP contribution in [0, 0.1) is 25.2 Å². The molecule has 0 radical (unpaired) electrons. The molecule has 0 unspecified atom stereocenters. The summed E-state index contributed by atoms with van der Waals surface area (Å²) < 4.78 is 5.31. The fraction of sp³-hybridized carbons (Fsp3) is 0.188. The lowest BCUT2D eigenvalue weighted by atomic mass is 10.1. The molecule has 0 fully saturated rings. The molecule has 1 amide bonds. The second-order valence-corrected chi connectivity index (χ2v) is 4.65. The van der Waals surface area contributed by atoms with Crippen LogP contribution in [0.5, 0.6) is 0 Å². The Morgan fingerprint density at radius 2 is 1.95 bits per heavy atom. The van der Waals surface area contributed by atoms with Crippen LogP contribution >= 0.6 is 0 Å². The highest BCUT2D eigenvalue weighted by Crippen LogP contribution is 2.13. The van der Waals surface area contributed by atoms with Crippen LogP contribution in [0.4, 0.5) is 0 Å². The smallest absolute Gasteiger partial charge is 0.274 e. The predicted molar refractivity (Wildman–Crippen MR) is 79.0 cm³/mol. The first-order chi connectivity index (χ1) is 10.0. The summed E-state index contributed by atoms with van der Waals surface area (Å²) in [6.07, 6.45) is 0. The molecule has 0 aliphatic heterocycles. The second kappa shape index (κ2) is 6.06. The number of hydrogen-bond acceptors (Lipinski definition) is 4. The summed E-state index contributed by atoms with van der Waals surface area (Å²) in [7, 11) is 0. The predicted octanol–water partition coefficient (Wildman–Crippen LogP) is 2.92. The van der Waals surface area contributed by atoms with Crippen molar-refractivity contribution >= 4 is 11.6 Å². The highest BCUT2D eigenvalue weighted by Gasteiger charge is 2.12. The lowest BCUT2D eigenvalue weighted by molar-refractivity contribution is 0.0953. The van der Waals surface area contributed by atoms with Crippen LogP contribution in [0.2, 0.25) is 0 Å². The van der Waals surface area contributed by atoms with Crippen molar-refractivity contribution in [3.8, 4) is 6.07 Å². The molecule has 0 aliphatic rings. The summed E-state index contributed by atoms with van der Waals surface area (Å²) in [6.45, 7) is 5.31.